The SMILES string of the molecule is NC(=O)NC(=O)CCn1nnn(-c2ccccc2Cl)c1=O. The zero-order valence-electron chi connectivity index (χ0n) is 10.7. The highest BCUT2D eigenvalue weighted by atomic mass is 35.5. The van der Waals surface area contributed by atoms with Crippen LogP contribution in [0.15, 0.2) is 29.1 Å². The van der Waals surface area contributed by atoms with Gasteiger partial charge in [-0.1, -0.05) is 23.7 Å². The molecule has 1 aromatic carbocycles. The molecule has 0 aliphatic carbocycles. The molecule has 110 valence electrons. The van der Waals surface area contributed by atoms with Crippen molar-refractivity contribution in [1.82, 2.24) is 25.1 Å². The summed E-state index contributed by atoms with van der Waals surface area (Å²) in [7, 11) is 0. The van der Waals surface area contributed by atoms with Gasteiger partial charge < -0.3 is 5.73 Å². The number of carbonyl (C=O) groups is 2. The second-order valence-electron chi connectivity index (χ2n) is 4.01. The summed E-state index contributed by atoms with van der Waals surface area (Å²) >= 11 is 5.97. The molecule has 1 heterocycles. The normalized spacial score (nSPS) is 10.3. The molecular formula is C11H11ClN6O3. The smallest absolute Gasteiger partial charge is 0.351 e. The Bertz CT molecular complexity index is 738. The second-order valence-corrected chi connectivity index (χ2v) is 4.42. The fourth-order valence-electron chi connectivity index (χ4n) is 1.60. The van der Waals surface area contributed by atoms with Gasteiger partial charge in [0, 0.05) is 6.42 Å². The molecule has 0 saturated carbocycles. The minimum atomic E-state index is -0.952. The summed E-state index contributed by atoms with van der Waals surface area (Å²) in [5.74, 6) is -0.610. The van der Waals surface area contributed by atoms with Crippen molar-refractivity contribution < 1.29 is 9.59 Å². The number of halogens is 1. The maximum atomic E-state index is 12.1. The molecule has 3 N–H and O–H groups in total. The molecule has 2 aromatic rings. The lowest BCUT2D eigenvalue weighted by molar-refractivity contribution is -0.120. The second kappa shape index (κ2) is 6.18. The zero-order chi connectivity index (χ0) is 15.4. The van der Waals surface area contributed by atoms with Gasteiger partial charge in [-0.05, 0) is 22.6 Å². The molecule has 10 heteroatoms. The number of rotatable bonds is 4. The number of imide groups is 1. The van der Waals surface area contributed by atoms with Crippen LogP contribution in [0.2, 0.25) is 5.02 Å². The number of amides is 3. The highest BCUT2D eigenvalue weighted by Gasteiger charge is 2.12. The van der Waals surface area contributed by atoms with Crippen molar-refractivity contribution in [3.05, 3.63) is 39.8 Å². The summed E-state index contributed by atoms with van der Waals surface area (Å²) in [6, 6.07) is 5.69. The van der Waals surface area contributed by atoms with Crippen molar-refractivity contribution in [3.8, 4) is 5.69 Å². The van der Waals surface area contributed by atoms with E-state index in [0.29, 0.717) is 10.7 Å². The van der Waals surface area contributed by atoms with Crippen LogP contribution < -0.4 is 16.7 Å². The van der Waals surface area contributed by atoms with Gasteiger partial charge in [-0.2, -0.15) is 9.36 Å². The van der Waals surface area contributed by atoms with Gasteiger partial charge in [-0.3, -0.25) is 10.1 Å². The Morgan fingerprint density at radius 3 is 2.67 bits per heavy atom. The highest BCUT2D eigenvalue weighted by Crippen LogP contribution is 2.16. The fraction of sp³-hybridized carbons (Fsp3) is 0.182. The van der Waals surface area contributed by atoms with Crippen LogP contribution in [0.4, 0.5) is 4.79 Å². The number of hydrogen-bond acceptors (Lipinski definition) is 5. The van der Waals surface area contributed by atoms with Crippen LogP contribution in [-0.4, -0.2) is 31.7 Å². The summed E-state index contributed by atoms with van der Waals surface area (Å²) in [5, 5.41) is 9.58. The Labute approximate surface area is 123 Å². The number of aryl methyl sites for hydroxylation is 1. The highest BCUT2D eigenvalue weighted by molar-refractivity contribution is 6.32. The molecule has 1 aromatic heterocycles. The topological polar surface area (TPSA) is 125 Å². The fourth-order valence-corrected chi connectivity index (χ4v) is 1.81. The first-order valence-electron chi connectivity index (χ1n) is 5.86. The summed E-state index contributed by atoms with van der Waals surface area (Å²) in [6.45, 7) is -0.0393. The van der Waals surface area contributed by atoms with Crippen molar-refractivity contribution >= 4 is 23.5 Å². The van der Waals surface area contributed by atoms with Gasteiger partial charge in [-0.15, -0.1) is 0 Å². The molecule has 0 saturated heterocycles. The summed E-state index contributed by atoms with van der Waals surface area (Å²) in [5.41, 5.74) is 4.64. The van der Waals surface area contributed by atoms with Gasteiger partial charge in [0.25, 0.3) is 0 Å². The molecule has 0 bridgehead atoms. The number of urea groups is 1. The molecule has 9 nitrogen and oxygen atoms in total. The van der Waals surface area contributed by atoms with E-state index < -0.39 is 17.6 Å². The lowest BCUT2D eigenvalue weighted by Gasteiger charge is -2.01. The molecule has 0 radical (unpaired) electrons. The molecule has 0 unspecified atom stereocenters. The molecule has 2 rings (SSSR count). The third kappa shape index (κ3) is 3.45. The number of tetrazole rings is 1. The van der Waals surface area contributed by atoms with E-state index in [9.17, 15) is 14.4 Å². The Balaban J connectivity index is 2.15. The molecule has 0 aliphatic rings. The van der Waals surface area contributed by atoms with E-state index in [4.69, 9.17) is 17.3 Å². The van der Waals surface area contributed by atoms with Crippen LogP contribution >= 0.6 is 11.6 Å². The lowest BCUT2D eigenvalue weighted by Crippen LogP contribution is -2.36. The minimum Gasteiger partial charge on any atom is -0.351 e. The monoisotopic (exact) mass is 310 g/mol. The van der Waals surface area contributed by atoms with Crippen molar-refractivity contribution in [3.63, 3.8) is 0 Å². The zero-order valence-corrected chi connectivity index (χ0v) is 11.4. The molecule has 0 fully saturated rings. The van der Waals surface area contributed by atoms with Crippen LogP contribution in [0.3, 0.4) is 0 Å². The van der Waals surface area contributed by atoms with E-state index in [0.717, 1.165) is 9.36 Å². The van der Waals surface area contributed by atoms with E-state index in [2.05, 4.69) is 10.4 Å². The number of benzene rings is 1. The summed E-state index contributed by atoms with van der Waals surface area (Å²) in [6.07, 6.45) is -0.135. The quantitative estimate of drug-likeness (QED) is 0.799. The van der Waals surface area contributed by atoms with E-state index in [1.807, 2.05) is 5.32 Å². The number of para-hydroxylation sites is 1. The standard InChI is InChI=1S/C11H11ClN6O3/c12-7-3-1-2-4-8(7)18-11(21)17(15-16-18)6-5-9(19)14-10(13)20/h1-4H,5-6H2,(H3,13,14,19,20). The van der Waals surface area contributed by atoms with Crippen molar-refractivity contribution in [2.45, 2.75) is 13.0 Å². The van der Waals surface area contributed by atoms with Crippen molar-refractivity contribution in [1.29, 1.82) is 0 Å². The van der Waals surface area contributed by atoms with Crippen LogP contribution in [-0.2, 0) is 11.3 Å². The minimum absolute atomic E-state index is 0.0393. The lowest BCUT2D eigenvalue weighted by atomic mass is 10.3. The molecule has 0 aliphatic heterocycles. The number of nitrogens with one attached hydrogen (secondary N) is 1. The Morgan fingerprint density at radius 1 is 1.29 bits per heavy atom. The van der Waals surface area contributed by atoms with E-state index in [1.165, 1.54) is 0 Å². The number of nitrogens with two attached hydrogens (primary N) is 1. The molecule has 21 heavy (non-hydrogen) atoms. The number of carbonyl (C=O) groups excluding carboxylic acids is 2. The predicted molar refractivity (Wildman–Crippen MR) is 73.0 cm³/mol. The van der Waals surface area contributed by atoms with Crippen molar-refractivity contribution in [2.24, 2.45) is 5.73 Å². The van der Waals surface area contributed by atoms with Crippen molar-refractivity contribution in [2.75, 3.05) is 0 Å². The number of aromatic nitrogens is 4. The summed E-state index contributed by atoms with van der Waals surface area (Å²) in [4.78, 5) is 33.8. The van der Waals surface area contributed by atoms with Gasteiger partial charge in [0.1, 0.15) is 0 Å². The largest absolute Gasteiger partial charge is 0.368 e. The van der Waals surface area contributed by atoms with Crippen LogP contribution in [0, 0.1) is 0 Å². The maximum absolute atomic E-state index is 12.1. The van der Waals surface area contributed by atoms with E-state index in [1.54, 1.807) is 24.3 Å². The average molecular weight is 311 g/mol. The summed E-state index contributed by atoms with van der Waals surface area (Å²) < 4.78 is 2.01. The first-order chi connectivity index (χ1) is 9.99. The van der Waals surface area contributed by atoms with Crippen LogP contribution in [0.1, 0.15) is 6.42 Å². The van der Waals surface area contributed by atoms with Gasteiger partial charge in [-0.25, -0.2) is 9.59 Å². The Kier molecular flexibility index (Phi) is 4.33. The van der Waals surface area contributed by atoms with E-state index >= 15 is 0 Å². The maximum Gasteiger partial charge on any atom is 0.368 e. The van der Waals surface area contributed by atoms with Crippen LogP contribution in [0.25, 0.3) is 5.69 Å². The predicted octanol–water partition coefficient (Wildman–Crippen LogP) is -0.333. The Hall–Kier alpha value is -2.68. The number of nitrogens with zero attached hydrogens (tertiary/aromatic N) is 4. The first-order valence-corrected chi connectivity index (χ1v) is 6.24. The molecular weight excluding hydrogens is 300 g/mol. The van der Waals surface area contributed by atoms with Gasteiger partial charge >= 0.3 is 11.7 Å². The molecule has 3 amide bonds. The Morgan fingerprint density at radius 2 is 2.00 bits per heavy atom. The van der Waals surface area contributed by atoms with Gasteiger partial charge in [0.15, 0.2) is 0 Å². The van der Waals surface area contributed by atoms with E-state index in [-0.39, 0.29) is 13.0 Å². The third-order valence-electron chi connectivity index (χ3n) is 2.53. The van der Waals surface area contributed by atoms with Crippen LogP contribution in [0.5, 0.6) is 0 Å². The molecule has 0 atom stereocenters. The third-order valence-corrected chi connectivity index (χ3v) is 2.85. The number of hydrogen-bond donors (Lipinski definition) is 2. The number of primary amides is 1. The average Bonchev–Trinajstić information content (AvgIpc) is 2.77. The van der Waals surface area contributed by atoms with Gasteiger partial charge in [0.2, 0.25) is 5.91 Å². The molecule has 0 spiro atoms. The first kappa shape index (κ1) is 14.7. The van der Waals surface area contributed by atoms with Gasteiger partial charge in [0.05, 0.1) is 17.3 Å².